The Balaban J connectivity index is 1.97. The number of amides is 2. The number of nitrogens with one attached hydrogen (secondary N) is 1. The molecule has 6 nitrogen and oxygen atoms in total. The maximum Gasteiger partial charge on any atom is 0.282 e. The second-order valence-corrected chi connectivity index (χ2v) is 6.27. The van der Waals surface area contributed by atoms with Crippen LogP contribution >= 0.6 is 23.2 Å². The number of hydrogen-bond acceptors (Lipinski definition) is 4. The highest BCUT2D eigenvalue weighted by molar-refractivity contribution is 6.36. The van der Waals surface area contributed by atoms with Gasteiger partial charge in [-0.15, -0.1) is 0 Å². The molecule has 2 amide bonds. The number of benzene rings is 2. The van der Waals surface area contributed by atoms with Gasteiger partial charge in [0, 0.05) is 15.6 Å². The van der Waals surface area contributed by atoms with Crippen LogP contribution in [0.5, 0.6) is 11.5 Å². The first kappa shape index (κ1) is 18.1. The molecule has 1 aliphatic heterocycles. The molecule has 1 heterocycles. The third kappa shape index (κ3) is 3.47. The summed E-state index contributed by atoms with van der Waals surface area (Å²) in [4.78, 5) is 24.9. The largest absolute Gasteiger partial charge is 0.504 e. The Morgan fingerprint density at radius 1 is 1.19 bits per heavy atom. The number of hydrogen-bond donors (Lipinski definition) is 2. The predicted molar refractivity (Wildman–Crippen MR) is 99.3 cm³/mol. The molecule has 2 aromatic rings. The Hall–Kier alpha value is -2.70. The van der Waals surface area contributed by atoms with Gasteiger partial charge in [-0.05, 0) is 37.3 Å². The van der Waals surface area contributed by atoms with Crippen LogP contribution in [0.1, 0.15) is 12.5 Å². The average Bonchev–Trinajstić information content (AvgIpc) is 2.86. The first-order valence-electron chi connectivity index (χ1n) is 7.68. The number of anilines is 1. The van der Waals surface area contributed by atoms with E-state index in [1.165, 1.54) is 24.3 Å². The molecule has 0 aliphatic carbocycles. The lowest BCUT2D eigenvalue weighted by Gasteiger charge is -2.15. The molecule has 0 aromatic heterocycles. The third-order valence-corrected chi connectivity index (χ3v) is 4.06. The molecule has 8 heteroatoms. The number of carbonyl (C=O) groups excluding carboxylic acids is 2. The van der Waals surface area contributed by atoms with Gasteiger partial charge < -0.3 is 9.84 Å². The molecule has 0 radical (unpaired) electrons. The molecule has 134 valence electrons. The van der Waals surface area contributed by atoms with E-state index < -0.39 is 11.8 Å². The highest BCUT2D eigenvalue weighted by Crippen LogP contribution is 2.33. The molecule has 1 saturated heterocycles. The number of ether oxygens (including phenoxy) is 1. The van der Waals surface area contributed by atoms with Gasteiger partial charge in [-0.1, -0.05) is 35.3 Å². The van der Waals surface area contributed by atoms with Crippen molar-refractivity contribution in [2.24, 2.45) is 0 Å². The minimum absolute atomic E-state index is 0.134. The number of rotatable bonds is 4. The molecule has 0 spiro atoms. The van der Waals surface area contributed by atoms with E-state index in [9.17, 15) is 14.7 Å². The molecule has 2 aromatic carbocycles. The van der Waals surface area contributed by atoms with E-state index in [4.69, 9.17) is 27.9 Å². The van der Waals surface area contributed by atoms with Crippen molar-refractivity contribution in [2.75, 3.05) is 11.6 Å². The maximum atomic E-state index is 12.6. The number of phenolic OH excluding ortho intramolecular Hbond substituents is 1. The fourth-order valence-corrected chi connectivity index (χ4v) is 3.01. The number of carbonyl (C=O) groups is 2. The molecule has 2 N–H and O–H groups in total. The molecule has 0 unspecified atom stereocenters. The number of halogens is 2. The van der Waals surface area contributed by atoms with Gasteiger partial charge in [0.2, 0.25) is 0 Å². The highest BCUT2D eigenvalue weighted by atomic mass is 35.5. The van der Waals surface area contributed by atoms with Crippen molar-refractivity contribution < 1.29 is 19.4 Å². The van der Waals surface area contributed by atoms with E-state index in [1.54, 1.807) is 25.1 Å². The van der Waals surface area contributed by atoms with Crippen LogP contribution in [-0.2, 0) is 9.59 Å². The summed E-state index contributed by atoms with van der Waals surface area (Å²) in [7, 11) is 0. The van der Waals surface area contributed by atoms with Crippen LogP contribution < -0.4 is 15.2 Å². The Morgan fingerprint density at radius 2 is 1.88 bits per heavy atom. The van der Waals surface area contributed by atoms with Crippen LogP contribution in [-0.4, -0.2) is 23.5 Å². The minimum atomic E-state index is -0.604. The van der Waals surface area contributed by atoms with Gasteiger partial charge in [-0.2, -0.15) is 0 Å². The zero-order chi connectivity index (χ0) is 18.8. The van der Waals surface area contributed by atoms with E-state index >= 15 is 0 Å². The van der Waals surface area contributed by atoms with Crippen molar-refractivity contribution in [2.45, 2.75) is 6.92 Å². The number of aromatic hydroxyl groups is 1. The summed E-state index contributed by atoms with van der Waals surface area (Å²) in [5.74, 6) is -1.07. The van der Waals surface area contributed by atoms with E-state index in [0.717, 1.165) is 5.01 Å². The molecule has 0 saturated carbocycles. The lowest BCUT2D eigenvalue weighted by atomic mass is 10.1. The first-order valence-corrected chi connectivity index (χ1v) is 8.44. The normalized spacial score (nSPS) is 15.5. The van der Waals surface area contributed by atoms with E-state index in [2.05, 4.69) is 5.43 Å². The number of hydrazine groups is 1. The van der Waals surface area contributed by atoms with Crippen LogP contribution in [0.15, 0.2) is 42.0 Å². The van der Waals surface area contributed by atoms with Crippen molar-refractivity contribution in [1.82, 2.24) is 5.43 Å². The maximum absolute atomic E-state index is 12.6. The molecule has 0 bridgehead atoms. The zero-order valence-electron chi connectivity index (χ0n) is 13.6. The fraction of sp³-hybridized carbons (Fsp3) is 0.111. The first-order chi connectivity index (χ1) is 12.4. The Bertz CT molecular complexity index is 907. The summed E-state index contributed by atoms with van der Waals surface area (Å²) in [6.07, 6.45) is 1.31. The standard InChI is InChI=1S/C18H14Cl2N2O4/c1-2-26-15-5-3-4-10(16(15)23)6-14-17(24)21-22(18(14)25)13-8-11(19)7-12(20)9-13/h3-9,23H,2H2,1H3,(H,21,24)/b14-6-. The summed E-state index contributed by atoms with van der Waals surface area (Å²) >= 11 is 11.9. The molecular weight excluding hydrogens is 379 g/mol. The lowest BCUT2D eigenvalue weighted by molar-refractivity contribution is -0.117. The Labute approximate surface area is 159 Å². The predicted octanol–water partition coefficient (Wildman–Crippen LogP) is 3.56. The van der Waals surface area contributed by atoms with Crippen molar-refractivity contribution in [1.29, 1.82) is 0 Å². The summed E-state index contributed by atoms with van der Waals surface area (Å²) < 4.78 is 5.31. The van der Waals surface area contributed by atoms with Crippen molar-refractivity contribution in [3.63, 3.8) is 0 Å². The van der Waals surface area contributed by atoms with Crippen molar-refractivity contribution in [3.05, 3.63) is 57.6 Å². The third-order valence-electron chi connectivity index (χ3n) is 3.63. The van der Waals surface area contributed by atoms with Gasteiger partial charge in [0.25, 0.3) is 11.8 Å². The molecule has 1 aliphatic rings. The number of nitrogens with zero attached hydrogens (tertiary/aromatic N) is 1. The van der Waals surface area contributed by atoms with Crippen LogP contribution in [0.3, 0.4) is 0 Å². The van der Waals surface area contributed by atoms with E-state index in [0.29, 0.717) is 27.9 Å². The number of phenols is 1. The second-order valence-electron chi connectivity index (χ2n) is 5.39. The van der Waals surface area contributed by atoms with Gasteiger partial charge in [0.15, 0.2) is 11.5 Å². The van der Waals surface area contributed by atoms with Gasteiger partial charge in [-0.25, -0.2) is 5.01 Å². The van der Waals surface area contributed by atoms with Crippen LogP contribution in [0.2, 0.25) is 10.0 Å². The van der Waals surface area contributed by atoms with Gasteiger partial charge in [-0.3, -0.25) is 15.0 Å². The molecular formula is C18H14Cl2N2O4. The fourth-order valence-electron chi connectivity index (χ4n) is 2.49. The van der Waals surface area contributed by atoms with Crippen LogP contribution in [0.25, 0.3) is 6.08 Å². The monoisotopic (exact) mass is 392 g/mol. The highest BCUT2D eigenvalue weighted by Gasteiger charge is 2.35. The molecule has 3 rings (SSSR count). The van der Waals surface area contributed by atoms with Gasteiger partial charge in [0.1, 0.15) is 5.57 Å². The smallest absolute Gasteiger partial charge is 0.282 e. The summed E-state index contributed by atoms with van der Waals surface area (Å²) in [6.45, 7) is 2.16. The van der Waals surface area contributed by atoms with Crippen molar-refractivity contribution in [3.8, 4) is 11.5 Å². The van der Waals surface area contributed by atoms with Gasteiger partial charge >= 0.3 is 0 Å². The van der Waals surface area contributed by atoms with Crippen molar-refractivity contribution >= 4 is 46.8 Å². The summed E-state index contributed by atoms with van der Waals surface area (Å²) in [5.41, 5.74) is 2.94. The van der Waals surface area contributed by atoms with Crippen LogP contribution in [0.4, 0.5) is 5.69 Å². The summed E-state index contributed by atoms with van der Waals surface area (Å²) in [6, 6.07) is 9.34. The Kier molecular flexibility index (Phi) is 5.06. The minimum Gasteiger partial charge on any atom is -0.504 e. The molecule has 1 fully saturated rings. The number of para-hydroxylation sites is 1. The quantitative estimate of drug-likeness (QED) is 0.615. The van der Waals surface area contributed by atoms with Crippen LogP contribution in [0, 0.1) is 0 Å². The average molecular weight is 393 g/mol. The SMILES string of the molecule is CCOc1cccc(/C=C2/C(=O)NN(c3cc(Cl)cc(Cl)c3)C2=O)c1O. The zero-order valence-corrected chi connectivity index (χ0v) is 15.1. The second kappa shape index (κ2) is 7.27. The van der Waals surface area contributed by atoms with E-state index in [-0.39, 0.29) is 17.1 Å². The Morgan fingerprint density at radius 3 is 2.54 bits per heavy atom. The van der Waals surface area contributed by atoms with Gasteiger partial charge in [0.05, 0.1) is 12.3 Å². The summed E-state index contributed by atoms with van der Waals surface area (Å²) in [5, 5.41) is 12.0. The molecule has 26 heavy (non-hydrogen) atoms. The molecule has 0 atom stereocenters. The van der Waals surface area contributed by atoms with E-state index in [1.807, 2.05) is 0 Å². The lowest BCUT2D eigenvalue weighted by Crippen LogP contribution is -2.35. The topological polar surface area (TPSA) is 78.9 Å².